The number of H-pyrrole nitrogens is 2. The average Bonchev–Trinajstić information content (AvgIpc) is 3.34. The maximum absolute atomic E-state index is 6.16. The van der Waals surface area contributed by atoms with Gasteiger partial charge in [-0.1, -0.05) is 9.24 Å². The molecule has 7 heteroatoms. The van der Waals surface area contributed by atoms with Crippen LogP contribution in [0, 0.1) is 6.92 Å². The lowest BCUT2D eigenvalue weighted by Gasteiger charge is -2.30. The van der Waals surface area contributed by atoms with Gasteiger partial charge in [-0.15, -0.1) is 0 Å². The molecule has 138 valence electrons. The number of hydrogen-bond acceptors (Lipinski definition) is 4. The largest absolute Gasteiger partial charge is 0.488 e. The van der Waals surface area contributed by atoms with Crippen LogP contribution in [0.1, 0.15) is 17.0 Å². The van der Waals surface area contributed by atoms with Crippen molar-refractivity contribution in [1.29, 1.82) is 0 Å². The van der Waals surface area contributed by atoms with Crippen LogP contribution >= 0.6 is 9.24 Å². The molecule has 0 fully saturated rings. The maximum atomic E-state index is 6.16. The molecule has 1 atom stereocenters. The molecule has 2 N–H and O–H groups in total. The predicted octanol–water partition coefficient (Wildman–Crippen LogP) is 3.73. The summed E-state index contributed by atoms with van der Waals surface area (Å²) >= 11 is 0. The van der Waals surface area contributed by atoms with Crippen molar-refractivity contribution in [2.45, 2.75) is 20.1 Å². The highest BCUT2D eigenvalue weighted by atomic mass is 31.0. The van der Waals surface area contributed by atoms with Crippen LogP contribution in [-0.4, -0.2) is 19.9 Å². The van der Waals surface area contributed by atoms with Crippen LogP contribution in [-0.2, 0) is 13.2 Å². The molecule has 0 saturated heterocycles. The summed E-state index contributed by atoms with van der Waals surface area (Å²) in [5.41, 5.74) is 9.43. The van der Waals surface area contributed by atoms with Crippen LogP contribution in [0.2, 0.25) is 0 Å². The van der Waals surface area contributed by atoms with Crippen LogP contribution in [0.15, 0.2) is 36.7 Å². The van der Waals surface area contributed by atoms with Crippen LogP contribution in [0.5, 0.6) is 11.5 Å². The molecule has 4 heterocycles. The van der Waals surface area contributed by atoms with Crippen molar-refractivity contribution >= 4 is 14.8 Å². The van der Waals surface area contributed by atoms with Gasteiger partial charge in [0, 0.05) is 33.4 Å². The van der Waals surface area contributed by atoms with E-state index in [1.165, 1.54) is 0 Å². The topological polar surface area (TPSA) is 75.8 Å². The van der Waals surface area contributed by atoms with Gasteiger partial charge in [0.15, 0.2) is 0 Å². The van der Waals surface area contributed by atoms with Crippen LogP contribution in [0.3, 0.4) is 0 Å². The molecule has 2 aliphatic rings. The number of imidazole rings is 2. The van der Waals surface area contributed by atoms with Crippen molar-refractivity contribution in [3.05, 3.63) is 53.6 Å². The monoisotopic (exact) mass is 388 g/mol. The lowest BCUT2D eigenvalue weighted by atomic mass is 9.87. The van der Waals surface area contributed by atoms with E-state index in [1.807, 2.05) is 19.3 Å². The molecule has 0 amide bonds. The van der Waals surface area contributed by atoms with E-state index in [-0.39, 0.29) is 0 Å². The van der Waals surface area contributed by atoms with Gasteiger partial charge in [0.25, 0.3) is 0 Å². The number of benzene rings is 2. The third-order valence-electron chi connectivity index (χ3n) is 5.30. The fraction of sp³-hybridized carbons (Fsp3) is 0.143. The number of nitrogens with zero attached hydrogens (tertiary/aromatic N) is 2. The van der Waals surface area contributed by atoms with Gasteiger partial charge in [-0.2, -0.15) is 0 Å². The van der Waals surface area contributed by atoms with Crippen molar-refractivity contribution in [2.24, 2.45) is 0 Å². The molecule has 1 unspecified atom stereocenters. The first kappa shape index (κ1) is 15.9. The number of hydrogen-bond donors (Lipinski definition) is 2. The van der Waals surface area contributed by atoms with Crippen molar-refractivity contribution < 1.29 is 9.47 Å². The van der Waals surface area contributed by atoms with Crippen LogP contribution < -0.4 is 15.0 Å². The summed E-state index contributed by atoms with van der Waals surface area (Å²) in [4.78, 5) is 15.1. The van der Waals surface area contributed by atoms with Gasteiger partial charge in [0.2, 0.25) is 0 Å². The van der Waals surface area contributed by atoms with Gasteiger partial charge in [-0.05, 0) is 31.2 Å². The fourth-order valence-corrected chi connectivity index (χ4v) is 4.27. The van der Waals surface area contributed by atoms with Crippen molar-refractivity contribution in [3.63, 3.8) is 0 Å². The minimum atomic E-state index is 0.513. The van der Waals surface area contributed by atoms with E-state index in [0.29, 0.717) is 13.2 Å². The van der Waals surface area contributed by atoms with Gasteiger partial charge in [-0.3, -0.25) is 0 Å². The molecule has 28 heavy (non-hydrogen) atoms. The summed E-state index contributed by atoms with van der Waals surface area (Å²) in [6, 6.07) is 8.49. The number of ether oxygens (including phenoxy) is 2. The molecule has 0 bridgehead atoms. The summed E-state index contributed by atoms with van der Waals surface area (Å²) in [6.07, 6.45) is 3.69. The fourth-order valence-electron chi connectivity index (χ4n) is 4.04. The lowest BCUT2D eigenvalue weighted by molar-refractivity contribution is 0.278. The average molecular weight is 388 g/mol. The summed E-state index contributed by atoms with van der Waals surface area (Å²) in [7, 11) is 2.58. The standard InChI is InChI=1S/C21H17N4O2P/c1-10-22-6-15(24-10)11-2-13-8-27-18-5-12(16-7-23-21(28)25-16)3-14-9-26-17(4-11)19(13)20(14)18/h2-7H,8-9,28H2,1H3,(H,22,24)(H,23,25). The van der Waals surface area contributed by atoms with E-state index in [4.69, 9.17) is 9.47 Å². The first-order valence-electron chi connectivity index (χ1n) is 9.08. The molecular formula is C21H17N4O2P. The van der Waals surface area contributed by atoms with Gasteiger partial charge in [-0.25, -0.2) is 9.97 Å². The van der Waals surface area contributed by atoms with Gasteiger partial charge < -0.3 is 19.4 Å². The third-order valence-corrected chi connectivity index (χ3v) is 5.60. The van der Waals surface area contributed by atoms with E-state index in [1.54, 1.807) is 0 Å². The van der Waals surface area contributed by atoms with Crippen molar-refractivity contribution in [2.75, 3.05) is 0 Å². The molecule has 0 aliphatic carbocycles. The Labute approximate surface area is 163 Å². The van der Waals surface area contributed by atoms with Crippen molar-refractivity contribution in [3.8, 4) is 45.1 Å². The molecule has 6 nitrogen and oxygen atoms in total. The molecular weight excluding hydrogens is 371 g/mol. The minimum absolute atomic E-state index is 0.513. The molecule has 0 spiro atoms. The highest BCUT2D eigenvalue weighted by Gasteiger charge is 2.30. The third kappa shape index (κ3) is 2.31. The number of rotatable bonds is 2. The molecule has 4 aromatic rings. The molecule has 2 aromatic heterocycles. The SMILES string of the molecule is Cc1ncc(-c2cc3c4c(c2)OCc2cc(-c5cnc(P)[nH]5)cc(c2-4)OC3)[nH]1. The Kier molecular flexibility index (Phi) is 3.23. The minimum Gasteiger partial charge on any atom is -0.488 e. The Bertz CT molecular complexity index is 1110. The number of aromatic nitrogens is 4. The van der Waals surface area contributed by atoms with E-state index >= 15 is 0 Å². The zero-order chi connectivity index (χ0) is 18.8. The number of nitrogens with one attached hydrogen (secondary N) is 2. The number of aromatic amines is 2. The summed E-state index contributed by atoms with van der Waals surface area (Å²) in [6.45, 7) is 2.98. The number of aryl methyl sites for hydroxylation is 1. The zero-order valence-electron chi connectivity index (χ0n) is 15.2. The summed E-state index contributed by atoms with van der Waals surface area (Å²) in [5.74, 6) is 2.69. The normalized spacial score (nSPS) is 13.6. The zero-order valence-corrected chi connectivity index (χ0v) is 16.3. The van der Waals surface area contributed by atoms with E-state index in [0.717, 1.165) is 67.7 Å². The lowest BCUT2D eigenvalue weighted by Crippen LogP contribution is -2.15. The Hall–Kier alpha value is -3.11. The molecule has 6 rings (SSSR count). The Morgan fingerprint density at radius 2 is 1.39 bits per heavy atom. The summed E-state index contributed by atoms with van der Waals surface area (Å²) in [5, 5.41) is 0. The van der Waals surface area contributed by atoms with Crippen molar-refractivity contribution in [1.82, 2.24) is 19.9 Å². The Morgan fingerprint density at radius 1 is 0.821 bits per heavy atom. The van der Waals surface area contributed by atoms with Gasteiger partial charge in [0.1, 0.15) is 36.1 Å². The van der Waals surface area contributed by atoms with Crippen LogP contribution in [0.25, 0.3) is 33.6 Å². The highest BCUT2D eigenvalue weighted by Crippen LogP contribution is 2.50. The second-order valence-corrected chi connectivity index (χ2v) is 7.71. The van der Waals surface area contributed by atoms with Crippen LogP contribution in [0.4, 0.5) is 0 Å². The van der Waals surface area contributed by atoms with E-state index in [2.05, 4.69) is 53.4 Å². The smallest absolute Gasteiger partial charge is 0.128 e. The molecule has 0 saturated carbocycles. The Morgan fingerprint density at radius 3 is 1.89 bits per heavy atom. The van der Waals surface area contributed by atoms with E-state index < -0.39 is 0 Å². The second-order valence-electron chi connectivity index (χ2n) is 7.16. The quantitative estimate of drug-likeness (QED) is 0.513. The van der Waals surface area contributed by atoms with E-state index in [9.17, 15) is 0 Å². The summed E-state index contributed by atoms with van der Waals surface area (Å²) < 4.78 is 12.3. The molecule has 2 aliphatic heterocycles. The maximum Gasteiger partial charge on any atom is 0.128 e. The second kappa shape index (κ2) is 5.69. The van der Waals surface area contributed by atoms with Gasteiger partial charge in [0.05, 0.1) is 23.8 Å². The predicted molar refractivity (Wildman–Crippen MR) is 110 cm³/mol. The molecule has 0 radical (unpaired) electrons. The van der Waals surface area contributed by atoms with Gasteiger partial charge >= 0.3 is 0 Å². The molecule has 2 aromatic carbocycles. The first-order chi connectivity index (χ1) is 13.7. The highest BCUT2D eigenvalue weighted by molar-refractivity contribution is 7.26. The Balaban J connectivity index is 1.52. The first-order valence-corrected chi connectivity index (χ1v) is 9.66.